The van der Waals surface area contributed by atoms with Gasteiger partial charge in [-0.15, -0.1) is 0 Å². The minimum atomic E-state index is -4.37. The average Bonchev–Trinajstić information content (AvgIpc) is 3.16. The molecular weight excluding hydrogens is 695 g/mol. The second-order valence-corrected chi connectivity index (χ2v) is 14.2. The van der Waals surface area contributed by atoms with Gasteiger partial charge in [-0.25, -0.2) is 4.57 Å². The van der Waals surface area contributed by atoms with Crippen LogP contribution in [0.1, 0.15) is 123 Å². The highest BCUT2D eigenvalue weighted by Crippen LogP contribution is 2.43. The fraction of sp³-hybridized carbons (Fsp3) is 0.533. The molecule has 0 fully saturated rings. The zero-order valence-electron chi connectivity index (χ0n) is 33.4. The van der Waals surface area contributed by atoms with Crippen molar-refractivity contribution >= 4 is 13.7 Å². The lowest BCUT2D eigenvalue weighted by atomic mass is 10.1. The summed E-state index contributed by atoms with van der Waals surface area (Å²) in [4.78, 5) is 22.6. The first-order valence-electron chi connectivity index (χ1n) is 20.2. The first-order valence-corrected chi connectivity index (χ1v) is 21.7. The molecule has 0 aromatic carbocycles. The summed E-state index contributed by atoms with van der Waals surface area (Å²) >= 11 is 0. The topological polar surface area (TPSA) is 131 Å². The molecule has 0 aliphatic heterocycles. The number of aliphatic hydroxyl groups excluding tert-OH is 1. The van der Waals surface area contributed by atoms with Crippen LogP contribution in [0.5, 0.6) is 0 Å². The predicted octanol–water partition coefficient (Wildman–Crippen LogP) is 11.2. The van der Waals surface area contributed by atoms with E-state index in [1.807, 2.05) is 6.08 Å². The van der Waals surface area contributed by atoms with Crippen LogP contribution in [0.2, 0.25) is 0 Å². The first-order chi connectivity index (χ1) is 26.4. The highest BCUT2D eigenvalue weighted by molar-refractivity contribution is 7.47. The van der Waals surface area contributed by atoms with Crippen LogP contribution in [0, 0.1) is 0 Å². The number of carbonyl (C=O) groups excluding carboxylic acids is 1. The number of nitrogens with two attached hydrogens (primary N) is 1. The maximum atomic E-state index is 12.7. The molecule has 3 atom stereocenters. The molecule has 0 heterocycles. The molecule has 0 aliphatic rings. The van der Waals surface area contributed by atoms with Crippen LogP contribution in [0.25, 0.3) is 0 Å². The van der Waals surface area contributed by atoms with Gasteiger partial charge in [0.05, 0.1) is 25.4 Å². The van der Waals surface area contributed by atoms with Crippen LogP contribution in [-0.2, 0) is 18.4 Å². The quantitative estimate of drug-likeness (QED) is 0.0287. The zero-order valence-corrected chi connectivity index (χ0v) is 34.3. The molecule has 0 spiro atoms. The Kier molecular flexibility index (Phi) is 37.3. The third kappa shape index (κ3) is 37.2. The average molecular weight is 769 g/mol. The second kappa shape index (κ2) is 39.6. The predicted molar refractivity (Wildman–Crippen MR) is 230 cm³/mol. The summed E-state index contributed by atoms with van der Waals surface area (Å²) in [6.45, 7) is 3.85. The zero-order chi connectivity index (χ0) is 39.6. The van der Waals surface area contributed by atoms with Crippen LogP contribution in [0.15, 0.2) is 122 Å². The molecule has 1 amide bonds. The molecular formula is C45H73N2O6P. The number of nitrogens with one attached hydrogen (secondary N) is 1. The van der Waals surface area contributed by atoms with Crippen LogP contribution in [-0.4, -0.2) is 47.8 Å². The normalized spacial score (nSPS) is 15.4. The van der Waals surface area contributed by atoms with Gasteiger partial charge >= 0.3 is 7.82 Å². The summed E-state index contributed by atoms with van der Waals surface area (Å²) in [5.41, 5.74) is 5.35. The molecule has 0 bridgehead atoms. The third-order valence-electron chi connectivity index (χ3n) is 7.75. The Morgan fingerprint density at radius 2 is 1.06 bits per heavy atom. The van der Waals surface area contributed by atoms with Gasteiger partial charge in [-0.1, -0.05) is 148 Å². The number of phosphoric ester groups is 1. The van der Waals surface area contributed by atoms with Crippen LogP contribution in [0.3, 0.4) is 0 Å². The number of unbranched alkanes of at least 4 members (excludes halogenated alkanes) is 5. The summed E-state index contributed by atoms with van der Waals surface area (Å²) in [7, 11) is -4.37. The summed E-state index contributed by atoms with van der Waals surface area (Å²) < 4.78 is 22.0. The smallest absolute Gasteiger partial charge is 0.387 e. The minimum absolute atomic E-state index is 0.0549. The first kappa shape index (κ1) is 50.9. The van der Waals surface area contributed by atoms with Gasteiger partial charge in [0.15, 0.2) is 0 Å². The minimum Gasteiger partial charge on any atom is -0.387 e. The molecule has 54 heavy (non-hydrogen) atoms. The molecule has 0 aromatic heterocycles. The van der Waals surface area contributed by atoms with E-state index in [1.165, 1.54) is 12.8 Å². The van der Waals surface area contributed by atoms with E-state index < -0.39 is 26.6 Å². The van der Waals surface area contributed by atoms with Crippen molar-refractivity contribution in [2.75, 3.05) is 19.8 Å². The van der Waals surface area contributed by atoms with Gasteiger partial charge in [-0.3, -0.25) is 13.8 Å². The van der Waals surface area contributed by atoms with Crippen LogP contribution < -0.4 is 11.1 Å². The Hall–Kier alpha value is -3.10. The fourth-order valence-corrected chi connectivity index (χ4v) is 5.48. The second-order valence-electron chi connectivity index (χ2n) is 12.7. The van der Waals surface area contributed by atoms with Crippen molar-refractivity contribution < 1.29 is 28.4 Å². The van der Waals surface area contributed by atoms with Crippen molar-refractivity contribution in [1.82, 2.24) is 5.32 Å². The van der Waals surface area contributed by atoms with Gasteiger partial charge < -0.3 is 21.1 Å². The monoisotopic (exact) mass is 769 g/mol. The maximum Gasteiger partial charge on any atom is 0.472 e. The fourth-order valence-electron chi connectivity index (χ4n) is 4.72. The molecule has 304 valence electrons. The largest absolute Gasteiger partial charge is 0.472 e. The molecule has 0 aromatic rings. The van der Waals surface area contributed by atoms with Gasteiger partial charge in [0.25, 0.3) is 0 Å². The van der Waals surface area contributed by atoms with Crippen molar-refractivity contribution in [2.45, 2.75) is 135 Å². The lowest BCUT2D eigenvalue weighted by Crippen LogP contribution is -2.45. The number of amides is 1. The van der Waals surface area contributed by atoms with E-state index >= 15 is 0 Å². The summed E-state index contributed by atoms with van der Waals surface area (Å²) in [5.74, 6) is -0.274. The maximum absolute atomic E-state index is 12.7. The number of hydrogen-bond acceptors (Lipinski definition) is 6. The highest BCUT2D eigenvalue weighted by atomic mass is 31.2. The third-order valence-corrected chi connectivity index (χ3v) is 8.73. The van der Waals surface area contributed by atoms with E-state index in [0.717, 1.165) is 77.0 Å². The van der Waals surface area contributed by atoms with Crippen molar-refractivity contribution in [1.29, 1.82) is 0 Å². The molecule has 0 rings (SSSR count). The van der Waals surface area contributed by atoms with Gasteiger partial charge in [0.2, 0.25) is 5.91 Å². The Morgan fingerprint density at radius 1 is 0.630 bits per heavy atom. The lowest BCUT2D eigenvalue weighted by Gasteiger charge is -2.23. The van der Waals surface area contributed by atoms with Gasteiger partial charge in [0.1, 0.15) is 0 Å². The van der Waals surface area contributed by atoms with Gasteiger partial charge in [0, 0.05) is 13.0 Å². The molecule has 0 saturated heterocycles. The van der Waals surface area contributed by atoms with Gasteiger partial charge in [-0.05, 0) is 89.9 Å². The van der Waals surface area contributed by atoms with Crippen molar-refractivity contribution in [3.05, 3.63) is 122 Å². The molecule has 0 radical (unpaired) electrons. The Balaban J connectivity index is 4.43. The van der Waals surface area contributed by atoms with Crippen molar-refractivity contribution in [2.24, 2.45) is 5.73 Å². The lowest BCUT2D eigenvalue weighted by molar-refractivity contribution is -0.122. The van der Waals surface area contributed by atoms with E-state index in [4.69, 9.17) is 14.8 Å². The Morgan fingerprint density at radius 3 is 1.54 bits per heavy atom. The molecule has 9 heteroatoms. The summed E-state index contributed by atoms with van der Waals surface area (Å²) in [5, 5.41) is 13.5. The highest BCUT2D eigenvalue weighted by Gasteiger charge is 2.26. The number of hydrogen-bond donors (Lipinski definition) is 4. The van der Waals surface area contributed by atoms with Crippen molar-refractivity contribution in [3.8, 4) is 0 Å². The number of carbonyl (C=O) groups is 1. The molecule has 5 N–H and O–H groups in total. The Labute approximate surface area is 328 Å². The number of rotatable bonds is 35. The molecule has 3 unspecified atom stereocenters. The number of allylic oxidation sites excluding steroid dienone is 19. The van der Waals surface area contributed by atoms with E-state index in [2.05, 4.69) is 129 Å². The molecule has 8 nitrogen and oxygen atoms in total. The van der Waals surface area contributed by atoms with Gasteiger partial charge in [-0.2, -0.15) is 0 Å². The molecule has 0 saturated carbocycles. The number of aliphatic hydroxyl groups is 1. The Bertz CT molecular complexity index is 1240. The van der Waals surface area contributed by atoms with E-state index in [1.54, 1.807) is 6.08 Å². The summed E-state index contributed by atoms with van der Waals surface area (Å²) in [6, 6.07) is -0.922. The van der Waals surface area contributed by atoms with Crippen molar-refractivity contribution in [3.63, 3.8) is 0 Å². The molecule has 0 aliphatic carbocycles. The van der Waals surface area contributed by atoms with E-state index in [-0.39, 0.29) is 25.5 Å². The standard InChI is InChI=1S/C45H73N2O6P/c1-3-5-7-9-11-13-15-17-18-19-20-21-22-23-24-25-26-27-29-31-33-35-37-39-45(49)47-43(42-53-54(50,51)52-41-40-46)44(48)38-36-34-32-30-28-16-14-12-10-8-6-4-2/h5,7,10-13,17-18,20-21,23-24,26-28,30-31,33,36,38,43-44,48H,3-4,6,8-9,14-16,19,22,25,29,32,34-35,37,39-42,46H2,1-2H3,(H,47,49)(H,50,51)/b7-5-,12-10+,13-11-,18-17-,21-20-,24-23-,27-26-,30-28+,33-31-,38-36+. The summed E-state index contributed by atoms with van der Waals surface area (Å²) in [6.07, 6.45) is 56.9. The number of phosphoric acid groups is 1. The van der Waals surface area contributed by atoms with E-state index in [9.17, 15) is 19.4 Å². The van der Waals surface area contributed by atoms with Crippen LogP contribution in [0.4, 0.5) is 0 Å². The van der Waals surface area contributed by atoms with Crippen LogP contribution >= 0.6 is 7.82 Å². The SMILES string of the molecule is CC/C=C\C/C=C\C/C=C\C/C=C\C/C=C\C/C=C\C/C=C\CCCC(=O)NC(COP(=O)(O)OCCN)C(O)/C=C/CC/C=C/CC/C=C/CCCC. The van der Waals surface area contributed by atoms with E-state index in [0.29, 0.717) is 12.8 Å².